The summed E-state index contributed by atoms with van der Waals surface area (Å²) in [5.41, 5.74) is 0. The number of amides is 1. The Morgan fingerprint density at radius 3 is 2.79 bits per heavy atom. The standard InChI is InChI=1S/C10H19NO3/c1-7-3-2-4-9(7)10(14)11-5-8(13)6-12/h7-9,12-13H,2-6H2,1H3,(H,11,14). The number of nitrogens with one attached hydrogen (secondary N) is 1. The average Bonchev–Trinajstić information content (AvgIpc) is 2.60. The summed E-state index contributed by atoms with van der Waals surface area (Å²) in [6.45, 7) is 1.93. The minimum Gasteiger partial charge on any atom is -0.394 e. The van der Waals surface area contributed by atoms with E-state index in [0.717, 1.165) is 19.3 Å². The van der Waals surface area contributed by atoms with Crippen molar-refractivity contribution in [3.63, 3.8) is 0 Å². The summed E-state index contributed by atoms with van der Waals surface area (Å²) in [5, 5.41) is 20.3. The fraction of sp³-hybridized carbons (Fsp3) is 0.900. The average molecular weight is 201 g/mol. The Kier molecular flexibility index (Phi) is 4.35. The van der Waals surface area contributed by atoms with Crippen LogP contribution in [0.15, 0.2) is 0 Å². The minimum atomic E-state index is -0.837. The van der Waals surface area contributed by atoms with Gasteiger partial charge in [0.15, 0.2) is 0 Å². The van der Waals surface area contributed by atoms with Crippen molar-refractivity contribution in [1.29, 1.82) is 0 Å². The molecule has 1 amide bonds. The lowest BCUT2D eigenvalue weighted by Gasteiger charge is -2.16. The number of hydrogen-bond donors (Lipinski definition) is 3. The maximum absolute atomic E-state index is 11.6. The number of rotatable bonds is 4. The lowest BCUT2D eigenvalue weighted by molar-refractivity contribution is -0.126. The molecule has 0 radical (unpaired) electrons. The molecule has 0 aliphatic heterocycles. The maximum atomic E-state index is 11.6. The van der Waals surface area contributed by atoms with Gasteiger partial charge < -0.3 is 15.5 Å². The van der Waals surface area contributed by atoms with Crippen LogP contribution in [0, 0.1) is 11.8 Å². The Bertz CT molecular complexity index is 196. The second-order valence-corrected chi connectivity index (χ2v) is 4.10. The first kappa shape index (κ1) is 11.5. The molecular weight excluding hydrogens is 182 g/mol. The summed E-state index contributed by atoms with van der Waals surface area (Å²) in [6, 6.07) is 0. The van der Waals surface area contributed by atoms with Crippen LogP contribution in [0.4, 0.5) is 0 Å². The molecule has 0 bridgehead atoms. The van der Waals surface area contributed by atoms with Crippen LogP contribution < -0.4 is 5.32 Å². The van der Waals surface area contributed by atoms with Crippen molar-refractivity contribution in [3.8, 4) is 0 Å². The van der Waals surface area contributed by atoms with E-state index in [4.69, 9.17) is 10.2 Å². The zero-order valence-electron chi connectivity index (χ0n) is 8.57. The molecule has 4 nitrogen and oxygen atoms in total. The molecule has 1 fully saturated rings. The van der Waals surface area contributed by atoms with Gasteiger partial charge in [0, 0.05) is 12.5 Å². The van der Waals surface area contributed by atoms with Crippen molar-refractivity contribution in [2.24, 2.45) is 11.8 Å². The van der Waals surface area contributed by atoms with E-state index in [9.17, 15) is 4.79 Å². The van der Waals surface area contributed by atoms with Gasteiger partial charge in [-0.15, -0.1) is 0 Å². The maximum Gasteiger partial charge on any atom is 0.223 e. The Morgan fingerprint density at radius 1 is 1.57 bits per heavy atom. The Morgan fingerprint density at radius 2 is 2.29 bits per heavy atom. The molecule has 0 spiro atoms. The smallest absolute Gasteiger partial charge is 0.223 e. The topological polar surface area (TPSA) is 69.6 Å². The first-order valence-corrected chi connectivity index (χ1v) is 5.21. The Labute approximate surface area is 84.3 Å². The van der Waals surface area contributed by atoms with Gasteiger partial charge in [-0.1, -0.05) is 13.3 Å². The summed E-state index contributed by atoms with van der Waals surface area (Å²) in [4.78, 5) is 11.6. The third-order valence-electron chi connectivity index (χ3n) is 2.92. The third-order valence-corrected chi connectivity index (χ3v) is 2.92. The highest BCUT2D eigenvalue weighted by Gasteiger charge is 2.29. The number of carbonyl (C=O) groups excluding carboxylic acids is 1. The fourth-order valence-electron chi connectivity index (χ4n) is 1.95. The molecule has 1 aliphatic carbocycles. The van der Waals surface area contributed by atoms with E-state index in [0.29, 0.717) is 5.92 Å². The molecule has 1 rings (SSSR count). The van der Waals surface area contributed by atoms with E-state index in [1.54, 1.807) is 0 Å². The molecule has 0 aromatic heterocycles. The van der Waals surface area contributed by atoms with Crippen LogP contribution in [-0.4, -0.2) is 35.4 Å². The molecule has 0 aromatic rings. The highest BCUT2D eigenvalue weighted by Crippen LogP contribution is 2.30. The van der Waals surface area contributed by atoms with Gasteiger partial charge in [0.2, 0.25) is 5.91 Å². The van der Waals surface area contributed by atoms with E-state index >= 15 is 0 Å². The van der Waals surface area contributed by atoms with Gasteiger partial charge in [0.1, 0.15) is 0 Å². The van der Waals surface area contributed by atoms with Gasteiger partial charge in [-0.05, 0) is 18.8 Å². The van der Waals surface area contributed by atoms with Crippen LogP contribution in [0.5, 0.6) is 0 Å². The molecule has 1 aliphatic rings. The predicted molar refractivity (Wildman–Crippen MR) is 52.6 cm³/mol. The SMILES string of the molecule is CC1CCCC1C(=O)NCC(O)CO. The fourth-order valence-corrected chi connectivity index (χ4v) is 1.95. The number of aliphatic hydroxyl groups is 2. The Balaban J connectivity index is 2.27. The highest BCUT2D eigenvalue weighted by atomic mass is 16.3. The van der Waals surface area contributed by atoms with Gasteiger partial charge in [0.05, 0.1) is 12.7 Å². The molecule has 3 N–H and O–H groups in total. The molecule has 14 heavy (non-hydrogen) atoms. The molecule has 4 heteroatoms. The van der Waals surface area contributed by atoms with E-state index in [1.807, 2.05) is 0 Å². The largest absolute Gasteiger partial charge is 0.394 e. The normalized spacial score (nSPS) is 28.8. The first-order valence-electron chi connectivity index (χ1n) is 5.21. The van der Waals surface area contributed by atoms with Gasteiger partial charge in [-0.25, -0.2) is 0 Å². The first-order chi connectivity index (χ1) is 6.65. The van der Waals surface area contributed by atoms with Gasteiger partial charge in [0.25, 0.3) is 0 Å². The van der Waals surface area contributed by atoms with Crippen molar-refractivity contribution in [1.82, 2.24) is 5.32 Å². The van der Waals surface area contributed by atoms with Crippen molar-refractivity contribution in [2.45, 2.75) is 32.3 Å². The highest BCUT2D eigenvalue weighted by molar-refractivity contribution is 5.79. The summed E-state index contributed by atoms with van der Waals surface area (Å²) >= 11 is 0. The molecule has 0 heterocycles. The van der Waals surface area contributed by atoms with Gasteiger partial charge in [-0.2, -0.15) is 0 Å². The zero-order chi connectivity index (χ0) is 10.6. The second-order valence-electron chi connectivity index (χ2n) is 4.10. The van der Waals surface area contributed by atoms with Crippen molar-refractivity contribution in [3.05, 3.63) is 0 Å². The molecule has 3 atom stereocenters. The van der Waals surface area contributed by atoms with E-state index < -0.39 is 6.10 Å². The minimum absolute atomic E-state index is 0.0162. The van der Waals surface area contributed by atoms with E-state index in [-0.39, 0.29) is 25.0 Å². The van der Waals surface area contributed by atoms with Crippen molar-refractivity contribution in [2.75, 3.05) is 13.2 Å². The van der Waals surface area contributed by atoms with Crippen molar-refractivity contribution < 1.29 is 15.0 Å². The molecule has 0 saturated heterocycles. The van der Waals surface area contributed by atoms with E-state index in [2.05, 4.69) is 12.2 Å². The van der Waals surface area contributed by atoms with Crippen LogP contribution in [0.25, 0.3) is 0 Å². The van der Waals surface area contributed by atoms with Crippen LogP contribution in [0.3, 0.4) is 0 Å². The van der Waals surface area contributed by atoms with Crippen molar-refractivity contribution >= 4 is 5.91 Å². The monoisotopic (exact) mass is 201 g/mol. The lowest BCUT2D eigenvalue weighted by Crippen LogP contribution is -2.38. The predicted octanol–water partition coefficient (Wildman–Crippen LogP) is -0.108. The van der Waals surface area contributed by atoms with Crippen LogP contribution in [0.2, 0.25) is 0 Å². The number of hydrogen-bond acceptors (Lipinski definition) is 3. The summed E-state index contributed by atoms with van der Waals surface area (Å²) in [6.07, 6.45) is 2.33. The molecule has 82 valence electrons. The second kappa shape index (κ2) is 5.32. The summed E-state index contributed by atoms with van der Waals surface area (Å²) in [7, 11) is 0. The van der Waals surface area contributed by atoms with Crippen LogP contribution in [0.1, 0.15) is 26.2 Å². The third kappa shape index (κ3) is 2.96. The van der Waals surface area contributed by atoms with Gasteiger partial charge in [-0.3, -0.25) is 4.79 Å². The van der Waals surface area contributed by atoms with Crippen LogP contribution in [-0.2, 0) is 4.79 Å². The number of carbonyl (C=O) groups is 1. The quantitative estimate of drug-likeness (QED) is 0.594. The van der Waals surface area contributed by atoms with E-state index in [1.165, 1.54) is 0 Å². The lowest BCUT2D eigenvalue weighted by atomic mass is 9.97. The molecule has 0 aromatic carbocycles. The van der Waals surface area contributed by atoms with Crippen LogP contribution >= 0.6 is 0 Å². The molecule has 1 saturated carbocycles. The Hall–Kier alpha value is -0.610. The zero-order valence-corrected chi connectivity index (χ0v) is 8.57. The van der Waals surface area contributed by atoms with Gasteiger partial charge >= 0.3 is 0 Å². The number of aliphatic hydroxyl groups excluding tert-OH is 2. The summed E-state index contributed by atoms with van der Waals surface area (Å²) in [5.74, 6) is 0.560. The molecule has 3 unspecified atom stereocenters. The summed E-state index contributed by atoms with van der Waals surface area (Å²) < 4.78 is 0. The molecular formula is C10H19NO3.